The van der Waals surface area contributed by atoms with Crippen molar-refractivity contribution in [1.29, 1.82) is 0 Å². The van der Waals surface area contributed by atoms with Gasteiger partial charge in [0.1, 0.15) is 0 Å². The van der Waals surface area contributed by atoms with Crippen molar-refractivity contribution >= 4 is 5.91 Å². The fraction of sp³-hybridized carbons (Fsp3) is 0.727. The third-order valence-electron chi connectivity index (χ3n) is 2.90. The van der Waals surface area contributed by atoms with Crippen LogP contribution in [0.2, 0.25) is 0 Å². The van der Waals surface area contributed by atoms with E-state index in [-0.39, 0.29) is 11.9 Å². The second-order valence-electron chi connectivity index (χ2n) is 4.38. The van der Waals surface area contributed by atoms with Gasteiger partial charge in [-0.1, -0.05) is 6.08 Å². The summed E-state index contributed by atoms with van der Waals surface area (Å²) in [6.45, 7) is 1.61. The molecule has 3 nitrogen and oxygen atoms in total. The Morgan fingerprint density at radius 3 is 2.79 bits per heavy atom. The molecule has 1 aliphatic carbocycles. The summed E-state index contributed by atoms with van der Waals surface area (Å²) in [6.07, 6.45) is 8.38. The molecule has 0 radical (unpaired) electrons. The molecule has 0 bridgehead atoms. The van der Waals surface area contributed by atoms with E-state index in [1.165, 1.54) is 12.8 Å². The number of carbonyl (C=O) groups excluding carboxylic acids is 1. The molecule has 1 heterocycles. The zero-order valence-electron chi connectivity index (χ0n) is 8.48. The van der Waals surface area contributed by atoms with Gasteiger partial charge in [0.15, 0.2) is 0 Å². The lowest BCUT2D eigenvalue weighted by Gasteiger charge is -2.29. The Labute approximate surface area is 84.9 Å². The first-order valence-electron chi connectivity index (χ1n) is 5.48. The second-order valence-corrected chi connectivity index (χ2v) is 4.38. The van der Waals surface area contributed by atoms with Gasteiger partial charge in [0, 0.05) is 19.1 Å². The van der Waals surface area contributed by atoms with Crippen molar-refractivity contribution in [3.05, 3.63) is 12.2 Å². The van der Waals surface area contributed by atoms with Crippen LogP contribution in [0.25, 0.3) is 0 Å². The molecule has 0 aromatic carbocycles. The Morgan fingerprint density at radius 1 is 1.36 bits per heavy atom. The lowest BCUT2D eigenvalue weighted by Crippen LogP contribution is -2.45. The minimum atomic E-state index is 0.145. The number of nitrogens with two attached hydrogens (primary N) is 1. The number of amides is 1. The van der Waals surface area contributed by atoms with E-state index in [1.807, 2.05) is 11.0 Å². The molecule has 3 heteroatoms. The van der Waals surface area contributed by atoms with Crippen LogP contribution in [0.15, 0.2) is 12.2 Å². The van der Waals surface area contributed by atoms with Crippen molar-refractivity contribution in [2.75, 3.05) is 13.1 Å². The molecule has 1 atom stereocenters. The quantitative estimate of drug-likeness (QED) is 0.664. The van der Waals surface area contributed by atoms with Gasteiger partial charge < -0.3 is 10.6 Å². The van der Waals surface area contributed by atoms with Crippen LogP contribution in [0.1, 0.15) is 25.7 Å². The maximum Gasteiger partial charge on any atom is 0.246 e. The summed E-state index contributed by atoms with van der Waals surface area (Å²) < 4.78 is 0. The molecule has 14 heavy (non-hydrogen) atoms. The average molecular weight is 194 g/mol. The minimum absolute atomic E-state index is 0.145. The number of likely N-dealkylation sites (tertiary alicyclic amines) is 1. The number of carbonyl (C=O) groups is 1. The molecule has 1 saturated heterocycles. The molecule has 0 aromatic heterocycles. The molecule has 2 rings (SSSR count). The van der Waals surface area contributed by atoms with Crippen LogP contribution in [-0.4, -0.2) is 29.9 Å². The highest BCUT2D eigenvalue weighted by atomic mass is 16.2. The summed E-state index contributed by atoms with van der Waals surface area (Å²) in [6, 6.07) is 0.182. The average Bonchev–Trinajstić information content (AvgIpc) is 2.97. The topological polar surface area (TPSA) is 46.3 Å². The highest BCUT2D eigenvalue weighted by Crippen LogP contribution is 2.30. The Hall–Kier alpha value is -0.830. The Bertz CT molecular complexity index is 246. The van der Waals surface area contributed by atoms with E-state index in [2.05, 4.69) is 0 Å². The van der Waals surface area contributed by atoms with E-state index in [9.17, 15) is 4.79 Å². The summed E-state index contributed by atoms with van der Waals surface area (Å²) in [5.74, 6) is 0.824. The van der Waals surface area contributed by atoms with E-state index in [0.29, 0.717) is 5.92 Å². The van der Waals surface area contributed by atoms with Gasteiger partial charge in [-0.3, -0.25) is 4.79 Å². The molecule has 1 aliphatic heterocycles. The lowest BCUT2D eigenvalue weighted by atomic mass is 10.1. The third kappa shape index (κ3) is 2.58. The summed E-state index contributed by atoms with van der Waals surface area (Å²) in [5, 5.41) is 0. The van der Waals surface area contributed by atoms with Crippen molar-refractivity contribution in [1.82, 2.24) is 4.90 Å². The first-order chi connectivity index (χ1) is 6.75. The summed E-state index contributed by atoms with van der Waals surface area (Å²) >= 11 is 0. The number of piperidine rings is 1. The number of nitrogens with zero attached hydrogens (tertiary/aromatic N) is 1. The normalized spacial score (nSPS) is 28.4. The smallest absolute Gasteiger partial charge is 0.246 e. The first-order valence-corrected chi connectivity index (χ1v) is 5.48. The van der Waals surface area contributed by atoms with Gasteiger partial charge in [-0.25, -0.2) is 0 Å². The number of hydrogen-bond acceptors (Lipinski definition) is 2. The zero-order valence-corrected chi connectivity index (χ0v) is 8.48. The fourth-order valence-electron chi connectivity index (χ4n) is 1.82. The predicted molar refractivity (Wildman–Crippen MR) is 55.7 cm³/mol. The highest BCUT2D eigenvalue weighted by Gasteiger charge is 2.21. The van der Waals surface area contributed by atoms with Crippen molar-refractivity contribution in [3.63, 3.8) is 0 Å². The fourth-order valence-corrected chi connectivity index (χ4v) is 1.82. The molecule has 78 valence electrons. The molecular formula is C11H18N2O. The van der Waals surface area contributed by atoms with Crippen LogP contribution in [0.3, 0.4) is 0 Å². The third-order valence-corrected chi connectivity index (χ3v) is 2.90. The van der Waals surface area contributed by atoms with Crippen LogP contribution in [0.5, 0.6) is 0 Å². The molecule has 1 amide bonds. The monoisotopic (exact) mass is 194 g/mol. The highest BCUT2D eigenvalue weighted by molar-refractivity contribution is 5.87. The van der Waals surface area contributed by atoms with E-state index in [0.717, 1.165) is 25.9 Å². The molecule has 1 saturated carbocycles. The van der Waals surface area contributed by atoms with Gasteiger partial charge in [0.05, 0.1) is 0 Å². The number of allylic oxidation sites excluding steroid dienone is 1. The largest absolute Gasteiger partial charge is 0.338 e. The van der Waals surface area contributed by atoms with Crippen LogP contribution in [0, 0.1) is 5.92 Å². The van der Waals surface area contributed by atoms with Crippen molar-refractivity contribution < 1.29 is 4.79 Å². The van der Waals surface area contributed by atoms with Crippen LogP contribution in [-0.2, 0) is 4.79 Å². The molecule has 0 aromatic rings. The Balaban J connectivity index is 1.83. The van der Waals surface area contributed by atoms with E-state index in [4.69, 9.17) is 5.73 Å². The van der Waals surface area contributed by atoms with Gasteiger partial charge in [-0.2, -0.15) is 0 Å². The van der Waals surface area contributed by atoms with Crippen molar-refractivity contribution in [2.45, 2.75) is 31.7 Å². The number of rotatable bonds is 2. The molecule has 2 N–H and O–H groups in total. The minimum Gasteiger partial charge on any atom is -0.338 e. The predicted octanol–water partition coefficient (Wildman–Crippen LogP) is 0.902. The van der Waals surface area contributed by atoms with E-state index < -0.39 is 0 Å². The van der Waals surface area contributed by atoms with Crippen LogP contribution < -0.4 is 5.73 Å². The van der Waals surface area contributed by atoms with Crippen molar-refractivity contribution in [3.8, 4) is 0 Å². The standard InChI is InChI=1S/C11H18N2O/c12-10-2-1-7-13(8-10)11(14)6-5-9-3-4-9/h5-6,9-10H,1-4,7-8,12H2/b6-5+/t10-/m1/s1. The second kappa shape index (κ2) is 4.13. The summed E-state index contributed by atoms with van der Waals surface area (Å²) in [5.41, 5.74) is 5.81. The van der Waals surface area contributed by atoms with Crippen molar-refractivity contribution in [2.24, 2.45) is 11.7 Å². The first kappa shape index (κ1) is 9.71. The molecule has 2 aliphatic rings. The number of hydrogen-bond donors (Lipinski definition) is 1. The Morgan fingerprint density at radius 2 is 2.14 bits per heavy atom. The van der Waals surface area contributed by atoms with Gasteiger partial charge in [0.25, 0.3) is 0 Å². The Kier molecular flexibility index (Phi) is 2.87. The maximum absolute atomic E-state index is 11.7. The lowest BCUT2D eigenvalue weighted by molar-refractivity contribution is -0.127. The molecule has 0 spiro atoms. The molecule has 2 fully saturated rings. The van der Waals surface area contributed by atoms with Crippen LogP contribution in [0.4, 0.5) is 0 Å². The molecular weight excluding hydrogens is 176 g/mol. The van der Waals surface area contributed by atoms with Gasteiger partial charge in [-0.05, 0) is 37.7 Å². The zero-order chi connectivity index (χ0) is 9.97. The summed E-state index contributed by atoms with van der Waals surface area (Å²) in [4.78, 5) is 13.5. The molecule has 0 unspecified atom stereocenters. The van der Waals surface area contributed by atoms with E-state index in [1.54, 1.807) is 6.08 Å². The van der Waals surface area contributed by atoms with Gasteiger partial charge >= 0.3 is 0 Å². The van der Waals surface area contributed by atoms with Crippen LogP contribution >= 0.6 is 0 Å². The van der Waals surface area contributed by atoms with Gasteiger partial charge in [0.2, 0.25) is 5.91 Å². The summed E-state index contributed by atoms with van der Waals surface area (Å²) in [7, 11) is 0. The van der Waals surface area contributed by atoms with E-state index >= 15 is 0 Å². The maximum atomic E-state index is 11.7. The van der Waals surface area contributed by atoms with Gasteiger partial charge in [-0.15, -0.1) is 0 Å². The SMILES string of the molecule is N[C@@H]1CCCN(C(=O)/C=C/C2CC2)C1.